The number of rotatable bonds is 8. The van der Waals surface area contributed by atoms with Gasteiger partial charge in [0.2, 0.25) is 11.8 Å². The van der Waals surface area contributed by atoms with Crippen LogP contribution in [0.15, 0.2) is 30.4 Å². The van der Waals surface area contributed by atoms with E-state index in [0.29, 0.717) is 35.9 Å². The van der Waals surface area contributed by atoms with Crippen LogP contribution in [-0.2, 0) is 23.9 Å². The lowest BCUT2D eigenvalue weighted by Crippen LogP contribution is -2.56. The molecule has 1 aromatic carbocycles. The van der Waals surface area contributed by atoms with E-state index in [4.69, 9.17) is 30.5 Å². The van der Waals surface area contributed by atoms with Gasteiger partial charge in [-0.2, -0.15) is 0 Å². The molecule has 2 saturated carbocycles. The second kappa shape index (κ2) is 16.4. The lowest BCUT2D eigenvalue weighted by Gasteiger charge is -2.29. The number of allylic oxidation sites excluding steroid dienone is 1. The summed E-state index contributed by atoms with van der Waals surface area (Å²) < 4.78 is 22.7. The third-order valence-electron chi connectivity index (χ3n) is 10.4. The van der Waals surface area contributed by atoms with Gasteiger partial charge in [0.15, 0.2) is 5.78 Å². The van der Waals surface area contributed by atoms with E-state index in [-0.39, 0.29) is 52.6 Å². The van der Waals surface area contributed by atoms with Crippen molar-refractivity contribution in [3.8, 4) is 11.5 Å². The number of ketones is 1. The minimum atomic E-state index is -1.25. The minimum Gasteiger partial charge on any atom is -0.495 e. The average Bonchev–Trinajstić information content (AvgIpc) is 3.42. The molecule has 15 heteroatoms. The number of nitrogens with zero attached hydrogens (tertiary/aromatic N) is 2. The first-order chi connectivity index (χ1) is 25.1. The van der Waals surface area contributed by atoms with E-state index in [1.807, 2.05) is 12.2 Å². The normalized spacial score (nSPS) is 27.3. The van der Waals surface area contributed by atoms with E-state index >= 15 is 0 Å². The molecule has 1 aromatic heterocycles. The summed E-state index contributed by atoms with van der Waals surface area (Å²) in [5.74, 6) is -1.46. The predicted molar refractivity (Wildman–Crippen MR) is 195 cm³/mol. The highest BCUT2D eigenvalue weighted by Gasteiger charge is 2.62. The van der Waals surface area contributed by atoms with Crippen LogP contribution in [0.1, 0.15) is 81.1 Å². The van der Waals surface area contributed by atoms with Crippen LogP contribution >= 0.6 is 27.5 Å². The van der Waals surface area contributed by atoms with Gasteiger partial charge in [-0.15, -0.1) is 0 Å². The Kier molecular flexibility index (Phi) is 11.9. The van der Waals surface area contributed by atoms with Crippen molar-refractivity contribution in [2.45, 2.75) is 100 Å². The molecule has 280 valence electrons. The quantitative estimate of drug-likeness (QED) is 0.152. The number of amides is 3. The Balaban J connectivity index is 1.33. The first-order valence-electron chi connectivity index (χ1n) is 17.9. The van der Waals surface area contributed by atoms with E-state index < -0.39 is 47.6 Å². The lowest BCUT2D eigenvalue weighted by molar-refractivity contribution is -0.148. The highest BCUT2D eigenvalue weighted by atomic mass is 79.9. The van der Waals surface area contributed by atoms with E-state index in [2.05, 4.69) is 31.5 Å². The number of pyridine rings is 1. The van der Waals surface area contributed by atoms with E-state index in [0.717, 1.165) is 44.9 Å². The highest BCUT2D eigenvalue weighted by Crippen LogP contribution is 2.46. The molecular weight excluding hydrogens is 760 g/mol. The number of carbonyl (C=O) groups is 5. The first kappa shape index (κ1) is 37.8. The van der Waals surface area contributed by atoms with Crippen molar-refractivity contribution in [3.63, 3.8) is 0 Å². The van der Waals surface area contributed by atoms with Gasteiger partial charge in [0.1, 0.15) is 52.0 Å². The van der Waals surface area contributed by atoms with Crippen molar-refractivity contribution in [2.24, 2.45) is 5.92 Å². The largest absolute Gasteiger partial charge is 0.495 e. The summed E-state index contributed by atoms with van der Waals surface area (Å²) in [7, 11) is 2.75. The van der Waals surface area contributed by atoms with Crippen LogP contribution < -0.4 is 20.1 Å². The summed E-state index contributed by atoms with van der Waals surface area (Å²) >= 11 is 9.84. The number of fused-ring (bicyclic) bond motifs is 3. The summed E-state index contributed by atoms with van der Waals surface area (Å²) in [6.45, 7) is -0.0171. The molecule has 2 aliphatic carbocycles. The zero-order valence-electron chi connectivity index (χ0n) is 29.3. The standard InChI is InChI=1S/C37H44BrClN4O9/c1-49-29-15-14-24-30(17-26(28(44)19-38)40-32(24)31(29)39)51-23-16-27-33(45)42-37(35(47)50-2)18-21(37)10-6-4-3-5-7-13-25(34(46)43(27)20-23)41-36(48)52-22-11-8-9-12-22/h6,10,14-15,17,21-23,25,27H,3-5,7-9,11-13,16,18-20H2,1-2H3,(H,41,48)(H,42,45)/b10-6-/t21?,23-,25+,27+,37-/m1/s1. The Bertz CT molecular complexity index is 1750. The summed E-state index contributed by atoms with van der Waals surface area (Å²) in [5.41, 5.74) is -0.850. The third-order valence-corrected chi connectivity index (χ3v) is 11.3. The monoisotopic (exact) mass is 802 g/mol. The van der Waals surface area contributed by atoms with Gasteiger partial charge in [0.05, 0.1) is 31.6 Å². The van der Waals surface area contributed by atoms with E-state index in [1.54, 1.807) is 12.1 Å². The summed E-state index contributed by atoms with van der Waals surface area (Å²) in [5, 5.41) is 6.45. The zero-order chi connectivity index (χ0) is 37.0. The van der Waals surface area contributed by atoms with Crippen molar-refractivity contribution in [1.29, 1.82) is 0 Å². The zero-order valence-corrected chi connectivity index (χ0v) is 31.6. The molecule has 1 saturated heterocycles. The van der Waals surface area contributed by atoms with Gasteiger partial charge in [0, 0.05) is 23.8 Å². The fraction of sp³-hybridized carbons (Fsp3) is 0.568. The van der Waals surface area contributed by atoms with Crippen LogP contribution in [0.3, 0.4) is 0 Å². The van der Waals surface area contributed by atoms with Gasteiger partial charge in [-0.05, 0) is 63.5 Å². The molecule has 0 spiro atoms. The Morgan fingerprint density at radius 2 is 1.83 bits per heavy atom. The fourth-order valence-electron chi connectivity index (χ4n) is 7.50. The molecule has 1 unspecified atom stereocenters. The third kappa shape index (κ3) is 8.02. The maximum atomic E-state index is 14.5. The molecule has 5 atom stereocenters. The molecule has 3 amide bonds. The van der Waals surface area contributed by atoms with Gasteiger partial charge in [-0.3, -0.25) is 14.4 Å². The number of Topliss-reactive ketones (excluding diaryl/α,β-unsaturated/α-hetero) is 1. The number of ether oxygens (including phenoxy) is 4. The number of alkyl halides is 1. The highest BCUT2D eigenvalue weighted by molar-refractivity contribution is 9.09. The molecule has 6 rings (SSSR count). The predicted octanol–water partition coefficient (Wildman–Crippen LogP) is 5.43. The number of methoxy groups -OCH3 is 2. The SMILES string of the molecule is COC(=O)[C@@]12CC1/C=C\CCCCC[C@H](NC(=O)OC1CCCC1)C(=O)N1C[C@H](Oc3cc(C(=O)CBr)nc4c(Cl)c(OC)ccc34)C[C@H]1C(=O)N2. The number of benzene rings is 1. The maximum absolute atomic E-state index is 14.5. The van der Waals surface area contributed by atoms with Gasteiger partial charge in [-0.25, -0.2) is 14.6 Å². The average molecular weight is 804 g/mol. The van der Waals surface area contributed by atoms with Crippen molar-refractivity contribution >= 4 is 68.1 Å². The van der Waals surface area contributed by atoms with Gasteiger partial charge < -0.3 is 34.5 Å². The summed E-state index contributed by atoms with van der Waals surface area (Å²) in [6.07, 6.45) is 9.77. The number of nitrogens with one attached hydrogen (secondary N) is 2. The first-order valence-corrected chi connectivity index (χ1v) is 19.4. The molecule has 2 N–H and O–H groups in total. The Morgan fingerprint density at radius 3 is 2.56 bits per heavy atom. The molecule has 4 aliphatic rings. The van der Waals surface area contributed by atoms with Gasteiger partial charge >= 0.3 is 12.1 Å². The molecule has 0 bridgehead atoms. The van der Waals surface area contributed by atoms with Crippen molar-refractivity contribution in [1.82, 2.24) is 20.5 Å². The smallest absolute Gasteiger partial charge is 0.408 e. The van der Waals surface area contributed by atoms with Crippen LogP contribution in [0.25, 0.3) is 10.9 Å². The molecule has 3 fully saturated rings. The summed E-state index contributed by atoms with van der Waals surface area (Å²) in [6, 6.07) is 2.89. The van der Waals surface area contributed by atoms with E-state index in [9.17, 15) is 24.0 Å². The van der Waals surface area contributed by atoms with Gasteiger partial charge in [0.25, 0.3) is 0 Å². The fourth-order valence-corrected chi connectivity index (χ4v) is 8.08. The molecule has 3 heterocycles. The number of alkyl carbamates (subject to hydrolysis) is 1. The molecular formula is C37H44BrClN4O9. The molecule has 2 aromatic rings. The van der Waals surface area contributed by atoms with Crippen molar-refractivity contribution < 1.29 is 42.9 Å². The lowest BCUT2D eigenvalue weighted by atomic mass is 10.0. The summed E-state index contributed by atoms with van der Waals surface area (Å²) in [4.78, 5) is 73.6. The second-order valence-electron chi connectivity index (χ2n) is 13.9. The minimum absolute atomic E-state index is 0.0101. The Hall–Kier alpha value is -3.91. The topological polar surface area (TPSA) is 162 Å². The maximum Gasteiger partial charge on any atom is 0.408 e. The van der Waals surface area contributed by atoms with Gasteiger partial charge in [-0.1, -0.05) is 52.5 Å². The van der Waals surface area contributed by atoms with Crippen molar-refractivity contribution in [3.05, 3.63) is 41.1 Å². The number of hydrogen-bond donors (Lipinski definition) is 2. The Morgan fingerprint density at radius 1 is 1.06 bits per heavy atom. The van der Waals surface area contributed by atoms with Crippen LogP contribution in [0.5, 0.6) is 11.5 Å². The van der Waals surface area contributed by atoms with Crippen LogP contribution in [0.4, 0.5) is 4.79 Å². The molecule has 2 aliphatic heterocycles. The molecule has 0 radical (unpaired) electrons. The van der Waals surface area contributed by atoms with E-state index in [1.165, 1.54) is 25.2 Å². The molecule has 13 nitrogen and oxygen atoms in total. The molecule has 52 heavy (non-hydrogen) atoms. The van der Waals surface area contributed by atoms with Crippen LogP contribution in [0, 0.1) is 5.92 Å². The van der Waals surface area contributed by atoms with Crippen LogP contribution in [0.2, 0.25) is 5.02 Å². The van der Waals surface area contributed by atoms with Crippen molar-refractivity contribution in [2.75, 3.05) is 26.1 Å². The Labute approximate surface area is 315 Å². The number of aromatic nitrogens is 1. The number of halogens is 2. The number of carbonyl (C=O) groups excluding carboxylic acids is 5. The number of hydrogen-bond acceptors (Lipinski definition) is 10. The second-order valence-corrected chi connectivity index (χ2v) is 14.8. The number of esters is 1. The van der Waals surface area contributed by atoms with Crippen LogP contribution in [-0.4, -0.2) is 95.5 Å².